The Morgan fingerprint density at radius 3 is 2.67 bits per heavy atom. The van der Waals surface area contributed by atoms with E-state index >= 15 is 0 Å². The van der Waals surface area contributed by atoms with E-state index in [0.717, 1.165) is 49.7 Å². The van der Waals surface area contributed by atoms with E-state index in [4.69, 9.17) is 11.6 Å². The van der Waals surface area contributed by atoms with E-state index in [1.165, 1.54) is 12.8 Å². The summed E-state index contributed by atoms with van der Waals surface area (Å²) in [7, 11) is 0. The van der Waals surface area contributed by atoms with Gasteiger partial charge in [-0.3, -0.25) is 0 Å². The highest BCUT2D eigenvalue weighted by Gasteiger charge is 2.26. The first-order valence-corrected chi connectivity index (χ1v) is 7.38. The Bertz CT molecular complexity index is 391. The molecule has 0 aromatic carbocycles. The van der Waals surface area contributed by atoms with Crippen LogP contribution in [0.1, 0.15) is 45.1 Å². The van der Waals surface area contributed by atoms with Crippen molar-refractivity contribution in [2.24, 2.45) is 5.92 Å². The average Bonchev–Trinajstić information content (AvgIpc) is 3.15. The Balaban J connectivity index is 2.23. The Kier molecular flexibility index (Phi) is 4.81. The Morgan fingerprint density at radius 1 is 1.28 bits per heavy atom. The van der Waals surface area contributed by atoms with Crippen molar-refractivity contribution < 1.29 is 0 Å². The first-order chi connectivity index (χ1) is 8.76. The van der Waals surface area contributed by atoms with Gasteiger partial charge < -0.3 is 4.90 Å². The molecule has 0 radical (unpaired) electrons. The molecule has 1 saturated carbocycles. The molecule has 1 aliphatic rings. The normalized spacial score (nSPS) is 14.8. The Hall–Kier alpha value is -0.830. The second-order valence-corrected chi connectivity index (χ2v) is 5.46. The third-order valence-corrected chi connectivity index (χ3v) is 3.66. The SMILES string of the molecule is CCCc1c(Cl)ncnc1N(CCC)CC1CC1. The van der Waals surface area contributed by atoms with Crippen LogP contribution in [0.3, 0.4) is 0 Å². The molecule has 0 spiro atoms. The van der Waals surface area contributed by atoms with Gasteiger partial charge in [0.1, 0.15) is 17.3 Å². The topological polar surface area (TPSA) is 29.0 Å². The molecular weight excluding hydrogens is 246 g/mol. The summed E-state index contributed by atoms with van der Waals surface area (Å²) in [5.74, 6) is 1.92. The van der Waals surface area contributed by atoms with Gasteiger partial charge in [-0.15, -0.1) is 0 Å². The number of hydrogen-bond acceptors (Lipinski definition) is 3. The van der Waals surface area contributed by atoms with Gasteiger partial charge in [-0.1, -0.05) is 31.9 Å². The predicted octanol–water partition coefficient (Wildman–Crippen LogP) is 3.71. The van der Waals surface area contributed by atoms with Gasteiger partial charge in [0.2, 0.25) is 0 Å². The van der Waals surface area contributed by atoms with E-state index < -0.39 is 0 Å². The van der Waals surface area contributed by atoms with E-state index in [0.29, 0.717) is 5.15 Å². The van der Waals surface area contributed by atoms with Crippen molar-refractivity contribution >= 4 is 17.4 Å². The van der Waals surface area contributed by atoms with Crippen molar-refractivity contribution in [3.05, 3.63) is 17.0 Å². The van der Waals surface area contributed by atoms with Crippen molar-refractivity contribution in [3.63, 3.8) is 0 Å². The lowest BCUT2D eigenvalue weighted by Gasteiger charge is -2.25. The first-order valence-electron chi connectivity index (χ1n) is 7.00. The minimum Gasteiger partial charge on any atom is -0.356 e. The Labute approximate surface area is 115 Å². The van der Waals surface area contributed by atoms with Crippen molar-refractivity contribution in [2.45, 2.75) is 46.0 Å². The molecule has 1 aromatic heterocycles. The molecule has 0 aliphatic heterocycles. The van der Waals surface area contributed by atoms with Gasteiger partial charge in [0, 0.05) is 18.7 Å². The summed E-state index contributed by atoms with van der Waals surface area (Å²) in [6.45, 7) is 6.55. The number of halogens is 1. The lowest BCUT2D eigenvalue weighted by molar-refractivity contribution is 0.691. The quantitative estimate of drug-likeness (QED) is 0.705. The van der Waals surface area contributed by atoms with Crippen LogP contribution in [0.4, 0.5) is 5.82 Å². The van der Waals surface area contributed by atoms with Gasteiger partial charge in [-0.05, 0) is 31.6 Å². The molecule has 18 heavy (non-hydrogen) atoms. The number of aromatic nitrogens is 2. The van der Waals surface area contributed by atoms with Crippen LogP contribution in [0.2, 0.25) is 5.15 Å². The second-order valence-electron chi connectivity index (χ2n) is 5.11. The zero-order chi connectivity index (χ0) is 13.0. The van der Waals surface area contributed by atoms with Gasteiger partial charge in [-0.25, -0.2) is 9.97 Å². The standard InChI is InChI=1S/C14H22ClN3/c1-3-5-12-13(15)16-10-17-14(12)18(8-4-2)9-11-6-7-11/h10-11H,3-9H2,1-2H3. The Morgan fingerprint density at radius 2 is 2.06 bits per heavy atom. The molecule has 1 aromatic rings. The molecule has 0 saturated heterocycles. The van der Waals surface area contributed by atoms with Gasteiger partial charge in [-0.2, -0.15) is 0 Å². The minimum atomic E-state index is 0.624. The molecule has 0 N–H and O–H groups in total. The van der Waals surface area contributed by atoms with Crippen LogP contribution in [0.5, 0.6) is 0 Å². The largest absolute Gasteiger partial charge is 0.356 e. The van der Waals surface area contributed by atoms with Crippen molar-refractivity contribution in [1.29, 1.82) is 0 Å². The maximum Gasteiger partial charge on any atom is 0.137 e. The molecule has 0 atom stereocenters. The van der Waals surface area contributed by atoms with Crippen LogP contribution in [0, 0.1) is 5.92 Å². The van der Waals surface area contributed by atoms with Gasteiger partial charge in [0.25, 0.3) is 0 Å². The summed E-state index contributed by atoms with van der Waals surface area (Å²) in [4.78, 5) is 11.0. The fourth-order valence-electron chi connectivity index (χ4n) is 2.29. The van der Waals surface area contributed by atoms with Gasteiger partial charge in [0.15, 0.2) is 0 Å². The summed E-state index contributed by atoms with van der Waals surface area (Å²) < 4.78 is 0. The predicted molar refractivity (Wildman–Crippen MR) is 76.3 cm³/mol. The van der Waals surface area contributed by atoms with E-state index in [1.807, 2.05) is 0 Å². The molecule has 4 heteroatoms. The zero-order valence-electron chi connectivity index (χ0n) is 11.3. The first kappa shape index (κ1) is 13.6. The minimum absolute atomic E-state index is 0.624. The lowest BCUT2D eigenvalue weighted by Crippen LogP contribution is -2.28. The summed E-state index contributed by atoms with van der Waals surface area (Å²) in [5.41, 5.74) is 1.12. The zero-order valence-corrected chi connectivity index (χ0v) is 12.1. The summed E-state index contributed by atoms with van der Waals surface area (Å²) in [6, 6.07) is 0. The summed E-state index contributed by atoms with van der Waals surface area (Å²) >= 11 is 6.23. The lowest BCUT2D eigenvalue weighted by atomic mass is 10.1. The fourth-order valence-corrected chi connectivity index (χ4v) is 2.51. The molecule has 0 amide bonds. The van der Waals surface area contributed by atoms with Crippen molar-refractivity contribution in [1.82, 2.24) is 9.97 Å². The molecule has 1 heterocycles. The van der Waals surface area contributed by atoms with E-state index in [9.17, 15) is 0 Å². The maximum atomic E-state index is 6.23. The van der Waals surface area contributed by atoms with E-state index in [-0.39, 0.29) is 0 Å². The smallest absolute Gasteiger partial charge is 0.137 e. The highest BCUT2D eigenvalue weighted by molar-refractivity contribution is 6.30. The van der Waals surface area contributed by atoms with Crippen LogP contribution in [-0.4, -0.2) is 23.1 Å². The van der Waals surface area contributed by atoms with Crippen molar-refractivity contribution in [2.75, 3.05) is 18.0 Å². The summed E-state index contributed by atoms with van der Waals surface area (Å²) in [5, 5.41) is 0.624. The second kappa shape index (κ2) is 6.37. The van der Waals surface area contributed by atoms with Crippen LogP contribution < -0.4 is 4.90 Å². The van der Waals surface area contributed by atoms with Crippen LogP contribution in [-0.2, 0) is 6.42 Å². The van der Waals surface area contributed by atoms with Crippen LogP contribution in [0.15, 0.2) is 6.33 Å². The van der Waals surface area contributed by atoms with Gasteiger partial charge >= 0.3 is 0 Å². The highest BCUT2D eigenvalue weighted by atomic mass is 35.5. The monoisotopic (exact) mass is 267 g/mol. The molecule has 100 valence electrons. The van der Waals surface area contributed by atoms with E-state index in [1.54, 1.807) is 6.33 Å². The fraction of sp³-hybridized carbons (Fsp3) is 0.714. The molecular formula is C14H22ClN3. The van der Waals surface area contributed by atoms with Crippen molar-refractivity contribution in [3.8, 4) is 0 Å². The third-order valence-electron chi connectivity index (χ3n) is 3.34. The van der Waals surface area contributed by atoms with E-state index in [2.05, 4.69) is 28.7 Å². The molecule has 1 aliphatic carbocycles. The highest BCUT2D eigenvalue weighted by Crippen LogP contribution is 2.33. The number of hydrogen-bond donors (Lipinski definition) is 0. The van der Waals surface area contributed by atoms with Crippen LogP contribution in [0.25, 0.3) is 0 Å². The molecule has 0 bridgehead atoms. The molecule has 1 fully saturated rings. The number of rotatable bonds is 7. The molecule has 3 nitrogen and oxygen atoms in total. The number of nitrogens with zero attached hydrogens (tertiary/aromatic N) is 3. The summed E-state index contributed by atoms with van der Waals surface area (Å²) in [6.07, 6.45) is 7.49. The van der Waals surface area contributed by atoms with Crippen LogP contribution >= 0.6 is 11.6 Å². The maximum absolute atomic E-state index is 6.23. The average molecular weight is 268 g/mol. The molecule has 2 rings (SSSR count). The van der Waals surface area contributed by atoms with Gasteiger partial charge in [0.05, 0.1) is 0 Å². The number of anilines is 1. The molecule has 0 unspecified atom stereocenters. The third kappa shape index (κ3) is 3.35.